The van der Waals surface area contributed by atoms with Crippen LogP contribution in [-0.2, 0) is 4.79 Å². The Balaban J connectivity index is 1.77. The number of rotatable bonds is 3. The maximum absolute atomic E-state index is 13.0. The zero-order chi connectivity index (χ0) is 17.1. The summed E-state index contributed by atoms with van der Waals surface area (Å²) < 4.78 is 14.5. The van der Waals surface area contributed by atoms with E-state index in [1.165, 1.54) is 16.8 Å². The molecule has 1 fully saturated rings. The summed E-state index contributed by atoms with van der Waals surface area (Å²) in [6.45, 7) is 2.33. The van der Waals surface area contributed by atoms with Crippen molar-refractivity contribution in [1.29, 1.82) is 0 Å². The number of carbonyl (C=O) groups is 2. The van der Waals surface area contributed by atoms with Crippen LogP contribution in [0.1, 0.15) is 35.7 Å². The van der Waals surface area contributed by atoms with Crippen molar-refractivity contribution in [3.63, 3.8) is 0 Å². The van der Waals surface area contributed by atoms with Crippen LogP contribution in [0.25, 0.3) is 5.69 Å². The highest BCUT2D eigenvalue weighted by molar-refractivity contribution is 5.94. The number of aryl methyl sites for hydroxylation is 1. The number of carbonyl (C=O) groups excluding carboxylic acids is 2. The Bertz CT molecular complexity index is 756. The molecule has 24 heavy (non-hydrogen) atoms. The highest BCUT2D eigenvalue weighted by Crippen LogP contribution is 2.11. The van der Waals surface area contributed by atoms with E-state index >= 15 is 0 Å². The smallest absolute Gasteiger partial charge is 0.291 e. The molecule has 0 spiro atoms. The van der Waals surface area contributed by atoms with Crippen molar-refractivity contribution in [2.75, 3.05) is 6.54 Å². The normalized spacial score (nSPS) is 17.9. The number of benzene rings is 1. The van der Waals surface area contributed by atoms with Crippen molar-refractivity contribution in [2.24, 2.45) is 0 Å². The monoisotopic (exact) mass is 331 g/mol. The van der Waals surface area contributed by atoms with Crippen molar-refractivity contribution in [1.82, 2.24) is 25.4 Å². The van der Waals surface area contributed by atoms with Gasteiger partial charge in [0.1, 0.15) is 17.7 Å². The van der Waals surface area contributed by atoms with Crippen LogP contribution in [0.15, 0.2) is 24.3 Å². The third-order valence-corrected chi connectivity index (χ3v) is 3.88. The van der Waals surface area contributed by atoms with Gasteiger partial charge < -0.3 is 10.6 Å². The molecule has 1 aromatic carbocycles. The Morgan fingerprint density at radius 2 is 2.08 bits per heavy atom. The summed E-state index contributed by atoms with van der Waals surface area (Å²) in [5, 5.41) is 9.60. The van der Waals surface area contributed by atoms with Gasteiger partial charge >= 0.3 is 0 Å². The van der Waals surface area contributed by atoms with E-state index in [-0.39, 0.29) is 17.5 Å². The lowest BCUT2D eigenvalue weighted by Gasteiger charge is -2.13. The van der Waals surface area contributed by atoms with Gasteiger partial charge in [-0.2, -0.15) is 0 Å². The van der Waals surface area contributed by atoms with Crippen molar-refractivity contribution in [2.45, 2.75) is 32.2 Å². The Morgan fingerprint density at radius 1 is 1.33 bits per heavy atom. The summed E-state index contributed by atoms with van der Waals surface area (Å²) in [6.07, 6.45) is 2.35. The molecule has 0 radical (unpaired) electrons. The van der Waals surface area contributed by atoms with Crippen LogP contribution in [0, 0.1) is 12.7 Å². The van der Waals surface area contributed by atoms with Crippen LogP contribution < -0.4 is 10.6 Å². The minimum absolute atomic E-state index is 0.0196. The highest BCUT2D eigenvalue weighted by Gasteiger charge is 2.25. The van der Waals surface area contributed by atoms with Crippen molar-refractivity contribution in [3.8, 4) is 5.69 Å². The van der Waals surface area contributed by atoms with Gasteiger partial charge in [0.15, 0.2) is 0 Å². The van der Waals surface area contributed by atoms with Gasteiger partial charge in [0, 0.05) is 6.54 Å². The molecular weight excluding hydrogens is 313 g/mol. The third-order valence-electron chi connectivity index (χ3n) is 3.88. The maximum atomic E-state index is 13.0. The Hall–Kier alpha value is -2.77. The van der Waals surface area contributed by atoms with Crippen LogP contribution in [0.2, 0.25) is 0 Å². The van der Waals surface area contributed by atoms with Gasteiger partial charge in [0.05, 0.1) is 5.69 Å². The topological polar surface area (TPSA) is 88.9 Å². The number of nitrogens with one attached hydrogen (secondary N) is 2. The van der Waals surface area contributed by atoms with E-state index in [2.05, 4.69) is 20.7 Å². The fourth-order valence-corrected chi connectivity index (χ4v) is 2.61. The molecule has 0 unspecified atom stereocenters. The molecule has 2 heterocycles. The quantitative estimate of drug-likeness (QED) is 0.882. The summed E-state index contributed by atoms with van der Waals surface area (Å²) in [5.74, 6) is -0.559. The number of aromatic nitrogens is 3. The maximum Gasteiger partial charge on any atom is 0.291 e. The molecule has 2 N–H and O–H groups in total. The van der Waals surface area contributed by atoms with E-state index in [0.29, 0.717) is 24.5 Å². The minimum atomic E-state index is -0.571. The first-order valence-corrected chi connectivity index (χ1v) is 7.83. The van der Waals surface area contributed by atoms with Crippen LogP contribution >= 0.6 is 0 Å². The van der Waals surface area contributed by atoms with E-state index in [1.54, 1.807) is 19.1 Å². The van der Waals surface area contributed by atoms with Crippen LogP contribution in [0.3, 0.4) is 0 Å². The fraction of sp³-hybridized carbons (Fsp3) is 0.375. The SMILES string of the molecule is Cc1nc(C(=O)N[C@H]2CCCCNC2=O)nn1-c1ccc(F)cc1. The lowest BCUT2D eigenvalue weighted by atomic mass is 10.1. The molecule has 0 bridgehead atoms. The Kier molecular flexibility index (Phi) is 4.54. The second-order valence-corrected chi connectivity index (χ2v) is 5.68. The predicted molar refractivity (Wildman–Crippen MR) is 84.2 cm³/mol. The van der Waals surface area contributed by atoms with Gasteiger partial charge in [-0.1, -0.05) is 0 Å². The molecule has 3 rings (SSSR count). The molecule has 2 amide bonds. The molecule has 1 saturated heterocycles. The summed E-state index contributed by atoms with van der Waals surface area (Å²) in [4.78, 5) is 28.4. The lowest BCUT2D eigenvalue weighted by Crippen LogP contribution is -2.45. The van der Waals surface area contributed by atoms with Crippen molar-refractivity contribution in [3.05, 3.63) is 41.7 Å². The van der Waals surface area contributed by atoms with Crippen molar-refractivity contribution >= 4 is 11.8 Å². The summed E-state index contributed by atoms with van der Waals surface area (Å²) in [7, 11) is 0. The molecule has 0 aliphatic carbocycles. The first kappa shape index (κ1) is 16.1. The molecule has 8 heteroatoms. The van der Waals surface area contributed by atoms with E-state index < -0.39 is 11.9 Å². The minimum Gasteiger partial charge on any atom is -0.354 e. The molecule has 126 valence electrons. The van der Waals surface area contributed by atoms with Gasteiger partial charge in [-0.15, -0.1) is 5.10 Å². The molecule has 1 atom stereocenters. The van der Waals surface area contributed by atoms with Gasteiger partial charge in [0.2, 0.25) is 11.7 Å². The second-order valence-electron chi connectivity index (χ2n) is 5.68. The average molecular weight is 331 g/mol. The van der Waals surface area contributed by atoms with Crippen LogP contribution in [0.4, 0.5) is 4.39 Å². The molecule has 2 aromatic rings. The van der Waals surface area contributed by atoms with E-state index in [0.717, 1.165) is 12.8 Å². The van der Waals surface area contributed by atoms with E-state index in [1.807, 2.05) is 0 Å². The fourth-order valence-electron chi connectivity index (χ4n) is 2.61. The summed E-state index contributed by atoms with van der Waals surface area (Å²) >= 11 is 0. The first-order valence-electron chi connectivity index (χ1n) is 7.83. The van der Waals surface area contributed by atoms with E-state index in [9.17, 15) is 14.0 Å². The highest BCUT2D eigenvalue weighted by atomic mass is 19.1. The Labute approximate surface area is 138 Å². The van der Waals surface area contributed by atoms with Gasteiger partial charge in [0.25, 0.3) is 5.91 Å². The zero-order valence-corrected chi connectivity index (χ0v) is 13.3. The van der Waals surface area contributed by atoms with E-state index in [4.69, 9.17) is 0 Å². The summed E-state index contributed by atoms with van der Waals surface area (Å²) in [5.41, 5.74) is 0.604. The van der Waals surface area contributed by atoms with Gasteiger partial charge in [-0.3, -0.25) is 9.59 Å². The zero-order valence-electron chi connectivity index (χ0n) is 13.3. The molecule has 0 saturated carbocycles. The second kappa shape index (κ2) is 6.77. The third kappa shape index (κ3) is 3.42. The standard InChI is InChI=1S/C16H18FN5O2/c1-10-19-14(21-22(10)12-7-5-11(17)6-8-12)16(24)20-13-4-2-3-9-18-15(13)23/h5-8,13H,2-4,9H2,1H3,(H,18,23)(H,20,24)/t13-/m0/s1. The molecule has 1 aliphatic heterocycles. The molecule has 7 nitrogen and oxygen atoms in total. The number of nitrogens with zero attached hydrogens (tertiary/aromatic N) is 3. The lowest BCUT2D eigenvalue weighted by molar-refractivity contribution is -0.122. The van der Waals surface area contributed by atoms with Crippen LogP contribution in [-0.4, -0.2) is 39.2 Å². The summed E-state index contributed by atoms with van der Waals surface area (Å²) in [6, 6.07) is 5.16. The van der Waals surface area contributed by atoms with Gasteiger partial charge in [-0.25, -0.2) is 14.1 Å². The molecule has 1 aliphatic rings. The molecule has 1 aromatic heterocycles. The Morgan fingerprint density at radius 3 is 2.83 bits per heavy atom. The predicted octanol–water partition coefficient (Wildman–Crippen LogP) is 1.11. The average Bonchev–Trinajstić information content (AvgIpc) is 2.84. The van der Waals surface area contributed by atoms with Crippen LogP contribution in [0.5, 0.6) is 0 Å². The largest absolute Gasteiger partial charge is 0.354 e. The van der Waals surface area contributed by atoms with Gasteiger partial charge in [-0.05, 0) is 50.5 Å². The first-order chi connectivity index (χ1) is 11.5. The number of halogens is 1. The molecular formula is C16H18FN5O2. The van der Waals surface area contributed by atoms with Crippen molar-refractivity contribution < 1.29 is 14.0 Å². The number of amides is 2. The number of hydrogen-bond acceptors (Lipinski definition) is 4. The number of hydrogen-bond donors (Lipinski definition) is 2.